The predicted octanol–water partition coefficient (Wildman–Crippen LogP) is 3.13. The normalized spacial score (nSPS) is 18.5. The minimum Gasteiger partial charge on any atom is -0.465 e. The number of carbonyl (C=O) groups is 1. The molecular weight excluding hydrogens is 238 g/mol. The number of fused-ring (bicyclic) bond motifs is 1. The highest BCUT2D eigenvalue weighted by atomic mass is 16.5. The molecule has 1 aliphatic rings. The molecule has 1 aliphatic carbocycles. The summed E-state index contributed by atoms with van der Waals surface area (Å²) in [4.78, 5) is 11.7. The molecule has 2 rings (SSSR count). The van der Waals surface area contributed by atoms with Crippen molar-refractivity contribution >= 4 is 11.5 Å². The third kappa shape index (κ3) is 2.15. The molecule has 0 aliphatic heterocycles. The van der Waals surface area contributed by atoms with Crippen molar-refractivity contribution in [2.75, 3.05) is 7.11 Å². The van der Waals surface area contributed by atoms with Crippen LogP contribution in [0.5, 0.6) is 0 Å². The molecule has 1 aromatic rings. The van der Waals surface area contributed by atoms with Gasteiger partial charge in [0.2, 0.25) is 0 Å². The fraction of sp³-hybridized carbons (Fsp3) is 0.375. The van der Waals surface area contributed by atoms with Gasteiger partial charge in [-0.05, 0) is 35.5 Å². The molecule has 0 radical (unpaired) electrons. The van der Waals surface area contributed by atoms with Crippen LogP contribution in [0.3, 0.4) is 0 Å². The minimum absolute atomic E-state index is 0.0610. The molecular formula is C16H17NO2. The molecule has 1 aromatic carbocycles. The number of hydrogen-bond donors (Lipinski definition) is 0. The van der Waals surface area contributed by atoms with Crippen LogP contribution >= 0.6 is 0 Å². The molecule has 98 valence electrons. The van der Waals surface area contributed by atoms with Crippen molar-refractivity contribution < 1.29 is 9.53 Å². The topological polar surface area (TPSA) is 50.1 Å². The summed E-state index contributed by atoms with van der Waals surface area (Å²) in [6.45, 7) is 6.26. The summed E-state index contributed by atoms with van der Waals surface area (Å²) in [7, 11) is 1.30. The van der Waals surface area contributed by atoms with Crippen LogP contribution in [0, 0.1) is 18.3 Å². The van der Waals surface area contributed by atoms with Crippen molar-refractivity contribution in [1.29, 1.82) is 5.26 Å². The van der Waals surface area contributed by atoms with Crippen molar-refractivity contribution in [3.63, 3.8) is 0 Å². The van der Waals surface area contributed by atoms with E-state index in [4.69, 9.17) is 4.74 Å². The van der Waals surface area contributed by atoms with Gasteiger partial charge >= 0.3 is 5.97 Å². The summed E-state index contributed by atoms with van der Waals surface area (Å²) in [6, 6.07) is 8.19. The number of benzene rings is 1. The summed E-state index contributed by atoms with van der Waals surface area (Å²) in [5.74, 6) is -0.553. The van der Waals surface area contributed by atoms with E-state index in [1.54, 1.807) is 0 Å². The Labute approximate surface area is 113 Å². The number of aryl methyl sites for hydroxylation is 1. The summed E-state index contributed by atoms with van der Waals surface area (Å²) in [6.07, 6.45) is 0.684. The van der Waals surface area contributed by atoms with Crippen LogP contribution in [-0.4, -0.2) is 13.1 Å². The summed E-state index contributed by atoms with van der Waals surface area (Å²) >= 11 is 0. The van der Waals surface area contributed by atoms with Gasteiger partial charge in [0.15, 0.2) is 0 Å². The van der Waals surface area contributed by atoms with Crippen LogP contribution in [0.1, 0.15) is 37.0 Å². The maximum absolute atomic E-state index is 11.7. The van der Waals surface area contributed by atoms with E-state index in [0.29, 0.717) is 6.42 Å². The highest BCUT2D eigenvalue weighted by Crippen LogP contribution is 2.46. The first-order chi connectivity index (χ1) is 8.90. The first-order valence-electron chi connectivity index (χ1n) is 6.24. The highest BCUT2D eigenvalue weighted by molar-refractivity contribution is 6.03. The Hall–Kier alpha value is -2.08. The van der Waals surface area contributed by atoms with Crippen LogP contribution < -0.4 is 0 Å². The molecule has 0 amide bonds. The molecule has 3 nitrogen and oxygen atoms in total. The molecule has 0 atom stereocenters. The van der Waals surface area contributed by atoms with E-state index in [1.165, 1.54) is 12.7 Å². The van der Waals surface area contributed by atoms with Crippen molar-refractivity contribution in [1.82, 2.24) is 0 Å². The molecule has 0 saturated heterocycles. The van der Waals surface area contributed by atoms with Gasteiger partial charge in [-0.2, -0.15) is 5.26 Å². The molecule has 0 saturated carbocycles. The summed E-state index contributed by atoms with van der Waals surface area (Å²) < 4.78 is 4.71. The van der Waals surface area contributed by atoms with Gasteiger partial charge < -0.3 is 4.74 Å². The average molecular weight is 255 g/mol. The van der Waals surface area contributed by atoms with E-state index in [9.17, 15) is 10.1 Å². The van der Waals surface area contributed by atoms with Gasteiger partial charge in [0.05, 0.1) is 7.11 Å². The minimum atomic E-state index is -0.553. The second-order valence-corrected chi connectivity index (χ2v) is 5.57. The number of esters is 1. The molecule has 0 heterocycles. The maximum atomic E-state index is 11.7. The second-order valence-electron chi connectivity index (χ2n) is 5.57. The van der Waals surface area contributed by atoms with Crippen molar-refractivity contribution in [3.05, 3.63) is 40.5 Å². The molecule has 3 heteroatoms. The van der Waals surface area contributed by atoms with Crippen LogP contribution in [-0.2, 0) is 14.9 Å². The average Bonchev–Trinajstić information content (AvgIpc) is 2.61. The maximum Gasteiger partial charge on any atom is 0.348 e. The zero-order chi connectivity index (χ0) is 14.2. The van der Waals surface area contributed by atoms with E-state index in [2.05, 4.69) is 26.0 Å². The number of hydrogen-bond acceptors (Lipinski definition) is 3. The van der Waals surface area contributed by atoms with E-state index < -0.39 is 5.97 Å². The second kappa shape index (κ2) is 4.55. The molecule has 0 aromatic heterocycles. The Morgan fingerprint density at radius 2 is 2.11 bits per heavy atom. The van der Waals surface area contributed by atoms with Gasteiger partial charge in [-0.1, -0.05) is 37.6 Å². The zero-order valence-corrected chi connectivity index (χ0v) is 11.7. The van der Waals surface area contributed by atoms with Gasteiger partial charge in [-0.25, -0.2) is 4.79 Å². The zero-order valence-electron chi connectivity index (χ0n) is 11.7. The van der Waals surface area contributed by atoms with E-state index in [-0.39, 0.29) is 11.0 Å². The lowest BCUT2D eigenvalue weighted by Gasteiger charge is -2.18. The quantitative estimate of drug-likeness (QED) is 0.440. The van der Waals surface area contributed by atoms with Crippen LogP contribution in [0.2, 0.25) is 0 Å². The Bertz CT molecular complexity index is 618. The fourth-order valence-corrected chi connectivity index (χ4v) is 2.69. The molecule has 0 spiro atoms. The fourth-order valence-electron chi connectivity index (χ4n) is 2.69. The number of carbonyl (C=O) groups excluding carboxylic acids is 1. The Balaban J connectivity index is 2.71. The predicted molar refractivity (Wildman–Crippen MR) is 73.4 cm³/mol. The lowest BCUT2D eigenvalue weighted by Crippen LogP contribution is -2.12. The van der Waals surface area contributed by atoms with E-state index >= 15 is 0 Å². The first-order valence-corrected chi connectivity index (χ1v) is 6.24. The van der Waals surface area contributed by atoms with Gasteiger partial charge in [0, 0.05) is 0 Å². The van der Waals surface area contributed by atoms with Crippen molar-refractivity contribution in [2.24, 2.45) is 0 Å². The van der Waals surface area contributed by atoms with E-state index in [1.807, 2.05) is 19.1 Å². The SMILES string of the molecule is COC(=O)/C(C#N)=C1/CC(C)(C)c2ccc(C)cc21. The molecule has 0 unspecified atom stereocenters. The lowest BCUT2D eigenvalue weighted by molar-refractivity contribution is -0.135. The summed E-state index contributed by atoms with van der Waals surface area (Å²) in [5, 5.41) is 9.24. The van der Waals surface area contributed by atoms with Crippen LogP contribution in [0.4, 0.5) is 0 Å². The lowest BCUT2D eigenvalue weighted by atomic mass is 9.86. The van der Waals surface area contributed by atoms with Crippen LogP contribution in [0.15, 0.2) is 23.8 Å². The number of methoxy groups -OCH3 is 1. The van der Waals surface area contributed by atoms with Crippen LogP contribution in [0.25, 0.3) is 5.57 Å². The molecule has 0 fully saturated rings. The largest absolute Gasteiger partial charge is 0.465 e. The van der Waals surface area contributed by atoms with Crippen molar-refractivity contribution in [2.45, 2.75) is 32.6 Å². The van der Waals surface area contributed by atoms with Gasteiger partial charge in [0.1, 0.15) is 11.6 Å². The highest BCUT2D eigenvalue weighted by Gasteiger charge is 2.36. The van der Waals surface area contributed by atoms with Gasteiger partial charge in [-0.3, -0.25) is 0 Å². The Kier molecular flexibility index (Phi) is 3.20. The van der Waals surface area contributed by atoms with Crippen molar-refractivity contribution in [3.8, 4) is 6.07 Å². The molecule has 0 N–H and O–H groups in total. The standard InChI is InChI=1S/C16H17NO2/c1-10-5-6-14-11(7-10)12(8-16(14,2)3)13(9-17)15(18)19-4/h5-7H,8H2,1-4H3/b13-12-. The Morgan fingerprint density at radius 1 is 1.42 bits per heavy atom. The summed E-state index contributed by atoms with van der Waals surface area (Å²) in [5.41, 5.74) is 4.18. The number of nitriles is 1. The Morgan fingerprint density at radius 3 is 2.68 bits per heavy atom. The molecule has 19 heavy (non-hydrogen) atoms. The van der Waals surface area contributed by atoms with Gasteiger partial charge in [-0.15, -0.1) is 0 Å². The number of ether oxygens (including phenoxy) is 1. The first kappa shape index (κ1) is 13.4. The third-order valence-corrected chi connectivity index (χ3v) is 3.65. The number of nitrogens with zero attached hydrogens (tertiary/aromatic N) is 1. The number of allylic oxidation sites excluding steroid dienone is 1. The van der Waals surface area contributed by atoms with Gasteiger partial charge in [0.25, 0.3) is 0 Å². The smallest absolute Gasteiger partial charge is 0.348 e. The number of rotatable bonds is 1. The van der Waals surface area contributed by atoms with E-state index in [0.717, 1.165) is 16.7 Å². The molecule has 0 bridgehead atoms. The third-order valence-electron chi connectivity index (χ3n) is 3.65. The monoisotopic (exact) mass is 255 g/mol.